The molecule has 3 aromatic carbocycles. The number of hydrogen-bond donors (Lipinski definition) is 1. The van der Waals surface area contributed by atoms with Crippen LogP contribution < -0.4 is 14.8 Å². The van der Waals surface area contributed by atoms with Crippen LogP contribution in [0.1, 0.15) is 16.7 Å². The van der Waals surface area contributed by atoms with Gasteiger partial charge in [-0.25, -0.2) is 0 Å². The number of carbonyl (C=O) groups excluding carboxylic acids is 2. The Bertz CT molecular complexity index is 1220. The van der Waals surface area contributed by atoms with Crippen LogP contribution in [-0.2, 0) is 16.1 Å². The van der Waals surface area contributed by atoms with E-state index in [2.05, 4.69) is 5.32 Å². The molecule has 0 unspecified atom stereocenters. The highest BCUT2D eigenvalue weighted by atomic mass is 16.5. The summed E-state index contributed by atoms with van der Waals surface area (Å²) in [4.78, 5) is 28.3. The Balaban J connectivity index is 1.80. The lowest BCUT2D eigenvalue weighted by molar-refractivity contribution is -0.137. The van der Waals surface area contributed by atoms with Crippen molar-refractivity contribution >= 4 is 23.1 Å². The van der Waals surface area contributed by atoms with Crippen LogP contribution in [0.4, 0.5) is 5.69 Å². The molecule has 0 saturated heterocycles. The Labute approximate surface area is 187 Å². The zero-order chi connectivity index (χ0) is 22.7. The Kier molecular flexibility index (Phi) is 5.94. The van der Waals surface area contributed by atoms with Gasteiger partial charge in [-0.1, -0.05) is 54.6 Å². The summed E-state index contributed by atoms with van der Waals surface area (Å²) in [6, 6.07) is 22.2. The third-order valence-electron chi connectivity index (χ3n) is 5.47. The Morgan fingerprint density at radius 3 is 2.12 bits per heavy atom. The van der Waals surface area contributed by atoms with Crippen LogP contribution in [0.5, 0.6) is 11.5 Å². The summed E-state index contributed by atoms with van der Waals surface area (Å²) >= 11 is 0. The highest BCUT2D eigenvalue weighted by Crippen LogP contribution is 2.36. The molecule has 0 spiro atoms. The van der Waals surface area contributed by atoms with E-state index in [1.54, 1.807) is 32.4 Å². The SMILES string of the molecule is COc1ccccc1CN1C(=O)C(Nc2ccccc2C)=C(c2ccccc2OC)C1=O. The summed E-state index contributed by atoms with van der Waals surface area (Å²) < 4.78 is 10.9. The normalized spacial score (nSPS) is 13.5. The van der Waals surface area contributed by atoms with Gasteiger partial charge in [-0.15, -0.1) is 0 Å². The Hall–Kier alpha value is -4.06. The summed E-state index contributed by atoms with van der Waals surface area (Å²) in [7, 11) is 3.11. The van der Waals surface area contributed by atoms with Crippen LogP contribution in [0.15, 0.2) is 78.5 Å². The number of benzene rings is 3. The van der Waals surface area contributed by atoms with Crippen molar-refractivity contribution in [3.63, 3.8) is 0 Å². The lowest BCUT2D eigenvalue weighted by atomic mass is 10.0. The minimum atomic E-state index is -0.398. The molecule has 162 valence electrons. The second kappa shape index (κ2) is 8.98. The molecule has 6 nitrogen and oxygen atoms in total. The van der Waals surface area contributed by atoms with Crippen LogP contribution in [0.25, 0.3) is 5.57 Å². The summed E-state index contributed by atoms with van der Waals surface area (Å²) in [5, 5.41) is 3.21. The average molecular weight is 428 g/mol. The number of carbonyl (C=O) groups is 2. The quantitative estimate of drug-likeness (QED) is 0.565. The molecule has 1 aliphatic heterocycles. The van der Waals surface area contributed by atoms with Crippen molar-refractivity contribution in [2.45, 2.75) is 13.5 Å². The minimum Gasteiger partial charge on any atom is -0.496 e. The predicted molar refractivity (Wildman–Crippen MR) is 123 cm³/mol. The molecule has 32 heavy (non-hydrogen) atoms. The van der Waals surface area contributed by atoms with Gasteiger partial charge >= 0.3 is 0 Å². The predicted octanol–water partition coefficient (Wildman–Crippen LogP) is 4.40. The van der Waals surface area contributed by atoms with E-state index in [1.807, 2.05) is 61.5 Å². The Morgan fingerprint density at radius 1 is 0.781 bits per heavy atom. The van der Waals surface area contributed by atoms with Crippen molar-refractivity contribution in [2.24, 2.45) is 0 Å². The summed E-state index contributed by atoms with van der Waals surface area (Å²) in [5.74, 6) is 0.352. The molecule has 1 heterocycles. The van der Waals surface area contributed by atoms with Gasteiger partial charge in [0.2, 0.25) is 0 Å². The van der Waals surface area contributed by atoms with Gasteiger partial charge in [0, 0.05) is 16.8 Å². The van der Waals surface area contributed by atoms with Crippen molar-refractivity contribution in [1.29, 1.82) is 0 Å². The molecule has 0 aliphatic carbocycles. The molecular weight excluding hydrogens is 404 g/mol. The number of amides is 2. The number of imide groups is 1. The fraction of sp³-hybridized carbons (Fsp3) is 0.154. The van der Waals surface area contributed by atoms with Gasteiger partial charge in [0.1, 0.15) is 17.2 Å². The molecule has 0 bridgehead atoms. The van der Waals surface area contributed by atoms with Crippen molar-refractivity contribution in [1.82, 2.24) is 4.90 Å². The second-order valence-electron chi connectivity index (χ2n) is 7.40. The van der Waals surface area contributed by atoms with E-state index >= 15 is 0 Å². The number of hydrogen-bond acceptors (Lipinski definition) is 5. The van der Waals surface area contributed by atoms with Crippen molar-refractivity contribution in [3.05, 3.63) is 95.2 Å². The molecule has 2 amide bonds. The maximum absolute atomic E-state index is 13.6. The summed E-state index contributed by atoms with van der Waals surface area (Å²) in [6.45, 7) is 2.04. The number of nitrogens with one attached hydrogen (secondary N) is 1. The first-order valence-corrected chi connectivity index (χ1v) is 10.2. The van der Waals surface area contributed by atoms with Crippen LogP contribution in [0.2, 0.25) is 0 Å². The second-order valence-corrected chi connectivity index (χ2v) is 7.40. The molecule has 1 N–H and O–H groups in total. The van der Waals surface area contributed by atoms with Gasteiger partial charge in [-0.2, -0.15) is 0 Å². The zero-order valence-corrected chi connectivity index (χ0v) is 18.2. The van der Waals surface area contributed by atoms with Gasteiger partial charge in [-0.3, -0.25) is 14.5 Å². The highest BCUT2D eigenvalue weighted by Gasteiger charge is 2.40. The van der Waals surface area contributed by atoms with E-state index in [-0.39, 0.29) is 23.7 Å². The van der Waals surface area contributed by atoms with Crippen molar-refractivity contribution in [2.75, 3.05) is 19.5 Å². The molecule has 0 saturated carbocycles. The molecule has 0 atom stereocenters. The highest BCUT2D eigenvalue weighted by molar-refractivity contribution is 6.37. The first-order chi connectivity index (χ1) is 15.5. The van der Waals surface area contributed by atoms with Gasteiger partial charge in [0.15, 0.2) is 0 Å². The molecule has 3 aromatic rings. The van der Waals surface area contributed by atoms with Crippen LogP contribution in [0.3, 0.4) is 0 Å². The smallest absolute Gasteiger partial charge is 0.278 e. The maximum Gasteiger partial charge on any atom is 0.278 e. The fourth-order valence-corrected chi connectivity index (χ4v) is 3.79. The van der Waals surface area contributed by atoms with Crippen LogP contribution >= 0.6 is 0 Å². The zero-order valence-electron chi connectivity index (χ0n) is 18.2. The molecule has 0 radical (unpaired) electrons. The molecule has 6 heteroatoms. The molecule has 0 fully saturated rings. The van der Waals surface area contributed by atoms with E-state index in [1.165, 1.54) is 4.90 Å². The van der Waals surface area contributed by atoms with E-state index in [9.17, 15) is 9.59 Å². The number of methoxy groups -OCH3 is 2. The van der Waals surface area contributed by atoms with Gasteiger partial charge < -0.3 is 14.8 Å². The van der Waals surface area contributed by atoms with E-state index in [0.29, 0.717) is 17.1 Å². The number of rotatable bonds is 7. The monoisotopic (exact) mass is 428 g/mol. The maximum atomic E-state index is 13.6. The van der Waals surface area contributed by atoms with Crippen LogP contribution in [0, 0.1) is 6.92 Å². The lowest BCUT2D eigenvalue weighted by Crippen LogP contribution is -2.32. The first kappa shape index (κ1) is 21.2. The first-order valence-electron chi connectivity index (χ1n) is 10.2. The largest absolute Gasteiger partial charge is 0.496 e. The lowest BCUT2D eigenvalue weighted by Gasteiger charge is -2.17. The fourth-order valence-electron chi connectivity index (χ4n) is 3.79. The topological polar surface area (TPSA) is 67.9 Å². The number of nitrogens with zero attached hydrogens (tertiary/aromatic N) is 1. The number of ether oxygens (including phenoxy) is 2. The van der Waals surface area contributed by atoms with E-state index in [0.717, 1.165) is 16.8 Å². The Morgan fingerprint density at radius 2 is 1.41 bits per heavy atom. The van der Waals surface area contributed by atoms with Gasteiger partial charge in [0.25, 0.3) is 11.8 Å². The van der Waals surface area contributed by atoms with Gasteiger partial charge in [0.05, 0.1) is 26.3 Å². The summed E-state index contributed by atoms with van der Waals surface area (Å²) in [5.41, 5.74) is 3.53. The van der Waals surface area contributed by atoms with Crippen LogP contribution in [-0.4, -0.2) is 30.9 Å². The van der Waals surface area contributed by atoms with E-state index in [4.69, 9.17) is 9.47 Å². The number of anilines is 1. The molecule has 0 aromatic heterocycles. The molecule has 4 rings (SSSR count). The minimum absolute atomic E-state index is 0.0965. The molecule has 1 aliphatic rings. The third-order valence-corrected chi connectivity index (χ3v) is 5.47. The third kappa shape index (κ3) is 3.83. The van der Waals surface area contributed by atoms with Crippen molar-refractivity contribution in [3.8, 4) is 11.5 Å². The average Bonchev–Trinajstić information content (AvgIpc) is 3.05. The summed E-state index contributed by atoms with van der Waals surface area (Å²) in [6.07, 6.45) is 0. The van der Waals surface area contributed by atoms with Crippen molar-refractivity contribution < 1.29 is 19.1 Å². The standard InChI is InChI=1S/C26H24N2O4/c1-17-10-4-7-13-20(17)27-24-23(19-12-6-9-15-22(19)32-3)25(29)28(26(24)30)16-18-11-5-8-14-21(18)31-2/h4-15,27H,16H2,1-3H3. The molecular formula is C26H24N2O4. The number of para-hydroxylation sites is 3. The van der Waals surface area contributed by atoms with E-state index < -0.39 is 5.91 Å². The number of aryl methyl sites for hydroxylation is 1. The van der Waals surface area contributed by atoms with Gasteiger partial charge in [-0.05, 0) is 30.7 Å².